The third kappa shape index (κ3) is 2.66. The molecule has 23 heavy (non-hydrogen) atoms. The number of ether oxygens (including phenoxy) is 1. The van der Waals surface area contributed by atoms with Gasteiger partial charge >= 0.3 is 6.09 Å². The van der Waals surface area contributed by atoms with Crippen LogP contribution >= 0.6 is 0 Å². The van der Waals surface area contributed by atoms with E-state index < -0.39 is 6.09 Å². The zero-order valence-corrected chi connectivity index (χ0v) is 12.4. The van der Waals surface area contributed by atoms with Gasteiger partial charge in [-0.2, -0.15) is 0 Å². The topological polar surface area (TPSA) is 75.7 Å². The van der Waals surface area contributed by atoms with Crippen LogP contribution in [-0.2, 0) is 4.74 Å². The monoisotopic (exact) mass is 310 g/mol. The summed E-state index contributed by atoms with van der Waals surface area (Å²) in [7, 11) is 0. The van der Waals surface area contributed by atoms with Crippen LogP contribution in [-0.4, -0.2) is 24.5 Å². The Morgan fingerprint density at radius 3 is 2.30 bits per heavy atom. The first kappa shape index (κ1) is 14.8. The number of amides is 3. The molecular formula is C17H14N2O4. The maximum Gasteiger partial charge on any atom is 0.411 e. The summed E-state index contributed by atoms with van der Waals surface area (Å²) in [6.07, 6.45) is -0.591. The van der Waals surface area contributed by atoms with Crippen molar-refractivity contribution in [1.82, 2.24) is 0 Å². The lowest BCUT2D eigenvalue weighted by atomic mass is 10.1. The number of carbonyl (C=O) groups excluding carboxylic acids is 3. The van der Waals surface area contributed by atoms with E-state index >= 15 is 0 Å². The molecule has 116 valence electrons. The Kier molecular flexibility index (Phi) is 3.80. The predicted molar refractivity (Wildman–Crippen MR) is 84.7 cm³/mol. The largest absolute Gasteiger partial charge is 0.450 e. The highest BCUT2D eigenvalue weighted by Gasteiger charge is 2.36. The molecule has 0 aliphatic carbocycles. The van der Waals surface area contributed by atoms with Gasteiger partial charge in [-0.25, -0.2) is 9.69 Å². The predicted octanol–water partition coefficient (Wildman–Crippen LogP) is 3.06. The minimum atomic E-state index is -0.591. The van der Waals surface area contributed by atoms with Gasteiger partial charge in [0, 0.05) is 5.69 Å². The van der Waals surface area contributed by atoms with Crippen molar-refractivity contribution in [2.45, 2.75) is 6.92 Å². The molecule has 0 saturated heterocycles. The van der Waals surface area contributed by atoms with E-state index in [0.717, 1.165) is 4.90 Å². The van der Waals surface area contributed by atoms with Crippen LogP contribution in [0.1, 0.15) is 27.6 Å². The van der Waals surface area contributed by atoms with Gasteiger partial charge in [0.25, 0.3) is 11.8 Å². The van der Waals surface area contributed by atoms with E-state index in [1.165, 1.54) is 0 Å². The Bertz CT molecular complexity index is 766. The lowest BCUT2D eigenvalue weighted by Gasteiger charge is -2.15. The van der Waals surface area contributed by atoms with Gasteiger partial charge in [0.05, 0.1) is 23.4 Å². The number of anilines is 2. The van der Waals surface area contributed by atoms with E-state index in [1.807, 2.05) is 0 Å². The molecule has 0 atom stereocenters. The second kappa shape index (κ2) is 5.92. The van der Waals surface area contributed by atoms with Crippen molar-refractivity contribution >= 4 is 29.3 Å². The quantitative estimate of drug-likeness (QED) is 0.884. The molecule has 0 bridgehead atoms. The number of nitrogens with zero attached hydrogens (tertiary/aromatic N) is 1. The molecule has 0 radical (unpaired) electrons. The maximum atomic E-state index is 12.4. The van der Waals surface area contributed by atoms with Crippen molar-refractivity contribution in [3.63, 3.8) is 0 Å². The molecular weight excluding hydrogens is 296 g/mol. The summed E-state index contributed by atoms with van der Waals surface area (Å²) < 4.78 is 4.81. The molecule has 0 fully saturated rings. The third-order valence-electron chi connectivity index (χ3n) is 3.42. The van der Waals surface area contributed by atoms with Gasteiger partial charge in [0.2, 0.25) is 0 Å². The molecule has 2 aromatic rings. The van der Waals surface area contributed by atoms with Gasteiger partial charge in [-0.15, -0.1) is 0 Å². The first-order chi connectivity index (χ1) is 11.1. The van der Waals surface area contributed by atoms with Crippen LogP contribution in [0.25, 0.3) is 0 Å². The Morgan fingerprint density at radius 1 is 1.04 bits per heavy atom. The van der Waals surface area contributed by atoms with Gasteiger partial charge in [0.1, 0.15) is 0 Å². The van der Waals surface area contributed by atoms with Crippen LogP contribution in [0, 0.1) is 0 Å². The van der Waals surface area contributed by atoms with Crippen molar-refractivity contribution in [3.05, 3.63) is 59.7 Å². The van der Waals surface area contributed by atoms with Crippen molar-refractivity contribution in [2.24, 2.45) is 0 Å². The molecule has 3 amide bonds. The minimum absolute atomic E-state index is 0.254. The first-order valence-corrected chi connectivity index (χ1v) is 7.13. The van der Waals surface area contributed by atoms with Crippen LogP contribution in [0.15, 0.2) is 48.5 Å². The SMILES string of the molecule is CCOC(=O)Nc1cccc(N2C(=O)c3ccccc3C2=O)c1. The van der Waals surface area contributed by atoms with E-state index in [9.17, 15) is 14.4 Å². The van der Waals surface area contributed by atoms with Gasteiger partial charge in [-0.1, -0.05) is 18.2 Å². The Labute approximate surface area is 132 Å². The molecule has 1 heterocycles. The Balaban J connectivity index is 1.90. The van der Waals surface area contributed by atoms with Crippen molar-refractivity contribution in [2.75, 3.05) is 16.8 Å². The maximum absolute atomic E-state index is 12.4. The number of imide groups is 1. The molecule has 6 nitrogen and oxygen atoms in total. The highest BCUT2D eigenvalue weighted by molar-refractivity contribution is 6.34. The Hall–Kier alpha value is -3.15. The fourth-order valence-electron chi connectivity index (χ4n) is 2.43. The molecule has 6 heteroatoms. The fraction of sp³-hybridized carbons (Fsp3) is 0.118. The van der Waals surface area contributed by atoms with E-state index in [0.29, 0.717) is 22.5 Å². The molecule has 0 unspecified atom stereocenters. The Morgan fingerprint density at radius 2 is 1.70 bits per heavy atom. The lowest BCUT2D eigenvalue weighted by molar-refractivity contribution is 0.0926. The van der Waals surface area contributed by atoms with E-state index in [2.05, 4.69) is 5.32 Å². The molecule has 3 rings (SSSR count). The summed E-state index contributed by atoms with van der Waals surface area (Å²) in [4.78, 5) is 37.4. The van der Waals surface area contributed by atoms with Gasteiger partial charge in [-0.05, 0) is 37.3 Å². The van der Waals surface area contributed by atoms with Crippen LogP contribution < -0.4 is 10.2 Å². The van der Waals surface area contributed by atoms with E-state index in [1.54, 1.807) is 55.5 Å². The average molecular weight is 310 g/mol. The van der Waals surface area contributed by atoms with E-state index in [4.69, 9.17) is 4.74 Å². The van der Waals surface area contributed by atoms with Gasteiger partial charge in [0.15, 0.2) is 0 Å². The molecule has 1 aliphatic heterocycles. The zero-order chi connectivity index (χ0) is 16.4. The summed E-state index contributed by atoms with van der Waals surface area (Å²) in [5.41, 5.74) is 1.59. The zero-order valence-electron chi connectivity index (χ0n) is 12.4. The highest BCUT2D eigenvalue weighted by Crippen LogP contribution is 2.29. The molecule has 1 N–H and O–H groups in total. The fourth-order valence-corrected chi connectivity index (χ4v) is 2.43. The molecule has 1 aliphatic rings. The summed E-state index contributed by atoms with van der Waals surface area (Å²) in [6, 6.07) is 13.2. The van der Waals surface area contributed by atoms with Crippen LogP contribution in [0.5, 0.6) is 0 Å². The second-order valence-electron chi connectivity index (χ2n) is 4.89. The first-order valence-electron chi connectivity index (χ1n) is 7.13. The van der Waals surface area contributed by atoms with E-state index in [-0.39, 0.29) is 18.4 Å². The summed E-state index contributed by atoms with van der Waals surface area (Å²) >= 11 is 0. The molecule has 2 aromatic carbocycles. The van der Waals surface area contributed by atoms with Crippen molar-refractivity contribution in [1.29, 1.82) is 0 Å². The number of fused-ring (bicyclic) bond motifs is 1. The molecule has 0 spiro atoms. The van der Waals surface area contributed by atoms with Crippen LogP contribution in [0.3, 0.4) is 0 Å². The number of hydrogen-bond acceptors (Lipinski definition) is 4. The van der Waals surface area contributed by atoms with Crippen molar-refractivity contribution < 1.29 is 19.1 Å². The number of hydrogen-bond donors (Lipinski definition) is 1. The average Bonchev–Trinajstić information content (AvgIpc) is 2.80. The van der Waals surface area contributed by atoms with Gasteiger partial charge in [-0.3, -0.25) is 14.9 Å². The van der Waals surface area contributed by atoms with Crippen LogP contribution in [0.2, 0.25) is 0 Å². The number of benzene rings is 2. The summed E-state index contributed by atoms with van der Waals surface area (Å²) in [6.45, 7) is 1.96. The van der Waals surface area contributed by atoms with Crippen LogP contribution in [0.4, 0.5) is 16.2 Å². The van der Waals surface area contributed by atoms with Gasteiger partial charge < -0.3 is 4.74 Å². The number of carbonyl (C=O) groups is 3. The normalized spacial score (nSPS) is 13.0. The molecule has 0 aromatic heterocycles. The van der Waals surface area contributed by atoms with Crippen molar-refractivity contribution in [3.8, 4) is 0 Å². The number of rotatable bonds is 3. The minimum Gasteiger partial charge on any atom is -0.450 e. The summed E-state index contributed by atoms with van der Waals surface area (Å²) in [5, 5.41) is 2.55. The molecule has 0 saturated carbocycles. The highest BCUT2D eigenvalue weighted by atomic mass is 16.5. The standard InChI is InChI=1S/C17H14N2O4/c1-2-23-17(22)18-11-6-5-7-12(10-11)19-15(20)13-8-3-4-9-14(13)16(19)21/h3-10H,2H2,1H3,(H,18,22). The smallest absolute Gasteiger partial charge is 0.411 e. The second-order valence-corrected chi connectivity index (χ2v) is 4.89. The third-order valence-corrected chi connectivity index (χ3v) is 3.42. The number of nitrogens with one attached hydrogen (secondary N) is 1. The lowest BCUT2D eigenvalue weighted by Crippen LogP contribution is -2.29. The summed E-state index contributed by atoms with van der Waals surface area (Å²) in [5.74, 6) is -0.752.